The van der Waals surface area contributed by atoms with Crippen LogP contribution in [0.3, 0.4) is 0 Å². The maximum atomic E-state index is 13.5. The van der Waals surface area contributed by atoms with Gasteiger partial charge in [-0.15, -0.1) is 0 Å². The number of anilines is 1. The number of hydrogen-bond acceptors (Lipinski definition) is 6. The molecule has 33 heavy (non-hydrogen) atoms. The second-order valence-electron chi connectivity index (χ2n) is 10.1. The summed E-state index contributed by atoms with van der Waals surface area (Å²) in [5.41, 5.74) is -1.46. The van der Waals surface area contributed by atoms with Crippen molar-refractivity contribution >= 4 is 17.6 Å². The van der Waals surface area contributed by atoms with Crippen LogP contribution in [0.4, 0.5) is 18.9 Å². The number of esters is 2. The molecule has 0 aromatic heterocycles. The van der Waals surface area contributed by atoms with E-state index in [1.165, 1.54) is 13.2 Å². The molecule has 2 aliphatic rings. The van der Waals surface area contributed by atoms with Crippen molar-refractivity contribution in [2.75, 3.05) is 12.4 Å². The third-order valence-corrected chi connectivity index (χ3v) is 6.18. The van der Waals surface area contributed by atoms with Gasteiger partial charge < -0.3 is 20.1 Å². The molecular weight excluding hydrogens is 437 g/mol. The van der Waals surface area contributed by atoms with Crippen LogP contribution in [0, 0.1) is 11.8 Å². The third-order valence-electron chi connectivity index (χ3n) is 6.18. The number of nitrogens with one attached hydrogen (secondary N) is 2. The molecule has 2 saturated carbocycles. The zero-order chi connectivity index (χ0) is 24.6. The molecule has 9 heteroatoms. The van der Waals surface area contributed by atoms with E-state index in [1.54, 1.807) is 0 Å². The first-order valence-electron chi connectivity index (χ1n) is 11.3. The molecule has 0 aliphatic heterocycles. The van der Waals surface area contributed by atoms with Crippen molar-refractivity contribution in [3.8, 4) is 0 Å². The van der Waals surface area contributed by atoms with Crippen LogP contribution in [0.5, 0.6) is 0 Å². The summed E-state index contributed by atoms with van der Waals surface area (Å²) >= 11 is 0. The first-order chi connectivity index (χ1) is 15.3. The topological polar surface area (TPSA) is 76.7 Å². The minimum absolute atomic E-state index is 0.0537. The lowest BCUT2D eigenvalue weighted by atomic mass is 9.75. The molecule has 2 atom stereocenters. The fourth-order valence-electron chi connectivity index (χ4n) is 4.17. The summed E-state index contributed by atoms with van der Waals surface area (Å²) in [6.07, 6.45) is -1.11. The second kappa shape index (κ2) is 9.52. The Bertz CT molecular complexity index is 871. The summed E-state index contributed by atoms with van der Waals surface area (Å²) in [5, 5.41) is 6.36. The summed E-state index contributed by atoms with van der Waals surface area (Å²) < 4.78 is 50.6. The average molecular weight is 471 g/mol. The molecule has 0 spiro atoms. The van der Waals surface area contributed by atoms with Crippen molar-refractivity contribution in [2.24, 2.45) is 11.8 Å². The Morgan fingerprint density at radius 1 is 1.09 bits per heavy atom. The van der Waals surface area contributed by atoms with Gasteiger partial charge in [0.15, 0.2) is 0 Å². The van der Waals surface area contributed by atoms with Crippen LogP contribution >= 0.6 is 0 Å². The number of carbonyl (C=O) groups is 2. The second-order valence-corrected chi connectivity index (χ2v) is 10.1. The van der Waals surface area contributed by atoms with E-state index in [1.807, 2.05) is 27.7 Å². The summed E-state index contributed by atoms with van der Waals surface area (Å²) in [4.78, 5) is 24.4. The Balaban J connectivity index is 1.61. The van der Waals surface area contributed by atoms with Crippen LogP contribution in [0.2, 0.25) is 0 Å². The van der Waals surface area contributed by atoms with Gasteiger partial charge in [0.25, 0.3) is 0 Å². The fraction of sp³-hybridized carbons (Fsp3) is 0.667. The largest absolute Gasteiger partial charge is 0.465 e. The molecule has 0 heterocycles. The van der Waals surface area contributed by atoms with E-state index in [0.29, 0.717) is 0 Å². The van der Waals surface area contributed by atoms with Crippen LogP contribution in [0.15, 0.2) is 18.2 Å². The van der Waals surface area contributed by atoms with Gasteiger partial charge in [0.05, 0.1) is 18.2 Å². The quantitative estimate of drug-likeness (QED) is 0.533. The van der Waals surface area contributed by atoms with Gasteiger partial charge in [-0.05, 0) is 83.4 Å². The molecule has 2 aliphatic carbocycles. The summed E-state index contributed by atoms with van der Waals surface area (Å²) in [6.45, 7) is 7.35. The third kappa shape index (κ3) is 6.62. The van der Waals surface area contributed by atoms with E-state index >= 15 is 0 Å². The smallest absolute Gasteiger partial charge is 0.418 e. The Morgan fingerprint density at radius 3 is 2.24 bits per heavy atom. The highest BCUT2D eigenvalue weighted by Crippen LogP contribution is 2.40. The highest BCUT2D eigenvalue weighted by molar-refractivity contribution is 5.90. The Labute approximate surface area is 192 Å². The zero-order valence-electron chi connectivity index (χ0n) is 19.7. The van der Waals surface area contributed by atoms with Crippen LogP contribution in [-0.4, -0.2) is 42.8 Å². The lowest BCUT2D eigenvalue weighted by Gasteiger charge is -2.42. The van der Waals surface area contributed by atoms with E-state index in [0.717, 1.165) is 37.8 Å². The van der Waals surface area contributed by atoms with Crippen LogP contribution in [-0.2, 0) is 20.4 Å². The average Bonchev–Trinajstić information content (AvgIpc) is 3.48. The van der Waals surface area contributed by atoms with Crippen molar-refractivity contribution in [2.45, 2.75) is 83.3 Å². The Hall–Kier alpha value is -2.29. The number of ether oxygens (including phenoxy) is 2. The van der Waals surface area contributed by atoms with Gasteiger partial charge in [-0.3, -0.25) is 4.79 Å². The summed E-state index contributed by atoms with van der Waals surface area (Å²) in [5.74, 6) is -0.525. The van der Waals surface area contributed by atoms with Crippen LogP contribution in [0.25, 0.3) is 0 Å². The number of carbonyl (C=O) groups excluding carboxylic acids is 2. The molecule has 1 aromatic rings. The minimum Gasteiger partial charge on any atom is -0.465 e. The van der Waals surface area contributed by atoms with E-state index < -0.39 is 23.3 Å². The summed E-state index contributed by atoms with van der Waals surface area (Å²) in [6, 6.07) is 2.71. The lowest BCUT2D eigenvalue weighted by Crippen LogP contribution is -2.54. The maximum Gasteiger partial charge on any atom is 0.418 e. The van der Waals surface area contributed by atoms with Crippen molar-refractivity contribution in [1.82, 2.24) is 5.32 Å². The number of benzene rings is 1. The first kappa shape index (κ1) is 25.3. The van der Waals surface area contributed by atoms with E-state index in [4.69, 9.17) is 4.74 Å². The molecule has 184 valence electrons. The van der Waals surface area contributed by atoms with Gasteiger partial charge in [0.1, 0.15) is 11.6 Å². The Morgan fingerprint density at radius 2 is 1.73 bits per heavy atom. The van der Waals surface area contributed by atoms with Crippen LogP contribution < -0.4 is 10.6 Å². The van der Waals surface area contributed by atoms with Crippen molar-refractivity contribution in [1.29, 1.82) is 0 Å². The molecule has 0 amide bonds. The molecular formula is C24H33F3N2O4. The summed E-state index contributed by atoms with van der Waals surface area (Å²) in [7, 11) is 1.18. The van der Waals surface area contributed by atoms with Gasteiger partial charge >= 0.3 is 18.1 Å². The molecule has 6 nitrogen and oxygen atoms in total. The number of alkyl halides is 3. The van der Waals surface area contributed by atoms with E-state index in [2.05, 4.69) is 15.4 Å². The molecule has 2 N–H and O–H groups in total. The lowest BCUT2D eigenvalue weighted by molar-refractivity contribution is -0.158. The molecule has 0 unspecified atom stereocenters. The standard InChI is InChI=1S/C24H33F3N2O4/c1-13(28-19-12-15(21(30)32-5)8-9-18(19)24(25,26)27)16-10-17(11-16)29-20(14-6-7-14)22(31)33-23(2,3)4/h8-9,12-14,16-17,20,28-29H,6-7,10-11H2,1-5H3/t13-,16?,17?,20-/m0/s1. The minimum atomic E-state index is -4.55. The van der Waals surface area contributed by atoms with Gasteiger partial charge in [-0.25, -0.2) is 4.79 Å². The first-order valence-corrected chi connectivity index (χ1v) is 11.3. The van der Waals surface area contributed by atoms with Crippen molar-refractivity contribution in [3.05, 3.63) is 29.3 Å². The van der Waals surface area contributed by atoms with Gasteiger partial charge in [0, 0.05) is 17.8 Å². The Kier molecular flexibility index (Phi) is 7.31. The van der Waals surface area contributed by atoms with Crippen molar-refractivity contribution in [3.63, 3.8) is 0 Å². The highest BCUT2D eigenvalue weighted by Gasteiger charge is 2.43. The predicted molar refractivity (Wildman–Crippen MR) is 118 cm³/mol. The number of rotatable bonds is 8. The van der Waals surface area contributed by atoms with Gasteiger partial charge in [-0.2, -0.15) is 13.2 Å². The van der Waals surface area contributed by atoms with Gasteiger partial charge in [0.2, 0.25) is 0 Å². The highest BCUT2D eigenvalue weighted by atomic mass is 19.4. The number of halogens is 3. The van der Waals surface area contributed by atoms with Crippen molar-refractivity contribution < 1.29 is 32.2 Å². The monoisotopic (exact) mass is 470 g/mol. The van der Waals surface area contributed by atoms with E-state index in [9.17, 15) is 22.8 Å². The SMILES string of the molecule is COC(=O)c1ccc(C(F)(F)F)c(N[C@@H](C)C2CC(N[C@H](C(=O)OC(C)(C)C)C3CC3)C2)c1. The molecule has 0 bridgehead atoms. The molecule has 1 aromatic carbocycles. The van der Waals surface area contributed by atoms with Crippen LogP contribution in [0.1, 0.15) is 69.3 Å². The van der Waals surface area contributed by atoms with E-state index in [-0.39, 0.29) is 47.2 Å². The number of hydrogen-bond donors (Lipinski definition) is 2. The maximum absolute atomic E-state index is 13.5. The molecule has 0 radical (unpaired) electrons. The molecule has 0 saturated heterocycles. The zero-order valence-corrected chi connectivity index (χ0v) is 19.7. The fourth-order valence-corrected chi connectivity index (χ4v) is 4.17. The predicted octanol–water partition coefficient (Wildman–Crippen LogP) is 4.78. The van der Waals surface area contributed by atoms with Gasteiger partial charge in [-0.1, -0.05) is 0 Å². The normalized spacial score (nSPS) is 22.7. The molecule has 3 rings (SSSR count). The number of methoxy groups -OCH3 is 1. The molecule has 2 fully saturated rings.